The number of nitrogens with one attached hydrogen (secondary N) is 1. The number of rotatable bonds is 5. The molecule has 2 atom stereocenters. The molecule has 0 aromatic heterocycles. The minimum atomic E-state index is -0.169. The van der Waals surface area contributed by atoms with E-state index < -0.39 is 0 Å². The number of carbonyl (C=O) groups excluding carboxylic acids is 1. The summed E-state index contributed by atoms with van der Waals surface area (Å²) >= 11 is 0. The molecule has 0 heterocycles. The second-order valence-corrected chi connectivity index (χ2v) is 8.41. The number of esters is 1. The average molecular weight is 293 g/mol. The van der Waals surface area contributed by atoms with Gasteiger partial charge in [-0.05, 0) is 74.5 Å². The second kappa shape index (κ2) is 5.57. The maximum Gasteiger partial charge on any atom is 0.323 e. The summed E-state index contributed by atoms with van der Waals surface area (Å²) < 4.78 is 4.99. The Bertz CT molecular complexity index is 369. The van der Waals surface area contributed by atoms with Gasteiger partial charge in [-0.15, -0.1) is 0 Å². The fraction of sp³-hybridized carbons (Fsp3) is 0.944. The van der Waals surface area contributed by atoms with Gasteiger partial charge in [0.2, 0.25) is 0 Å². The molecule has 4 aliphatic carbocycles. The van der Waals surface area contributed by atoms with Crippen molar-refractivity contribution in [3.05, 3.63) is 0 Å². The summed E-state index contributed by atoms with van der Waals surface area (Å²) in [5.74, 6) is 3.03. The van der Waals surface area contributed by atoms with E-state index >= 15 is 0 Å². The first kappa shape index (κ1) is 15.3. The first-order chi connectivity index (χ1) is 9.93. The van der Waals surface area contributed by atoms with Crippen molar-refractivity contribution in [2.45, 2.75) is 71.4 Å². The van der Waals surface area contributed by atoms with Crippen LogP contribution in [0.1, 0.15) is 59.3 Å². The van der Waals surface area contributed by atoms with Crippen LogP contribution in [0.4, 0.5) is 0 Å². The molecule has 21 heavy (non-hydrogen) atoms. The Morgan fingerprint density at radius 1 is 1.05 bits per heavy atom. The molecule has 0 aliphatic heterocycles. The van der Waals surface area contributed by atoms with E-state index in [1.54, 1.807) is 0 Å². The first-order valence-corrected chi connectivity index (χ1v) is 8.77. The van der Waals surface area contributed by atoms with Gasteiger partial charge in [0.25, 0.3) is 0 Å². The van der Waals surface area contributed by atoms with Crippen molar-refractivity contribution in [3.63, 3.8) is 0 Å². The molecule has 0 spiro atoms. The zero-order valence-corrected chi connectivity index (χ0v) is 14.0. The Morgan fingerprint density at radius 2 is 1.52 bits per heavy atom. The lowest BCUT2D eigenvalue weighted by molar-refractivity contribution is -0.145. The first-order valence-electron chi connectivity index (χ1n) is 8.77. The van der Waals surface area contributed by atoms with Gasteiger partial charge in [-0.3, -0.25) is 4.79 Å². The maximum absolute atomic E-state index is 12.0. The van der Waals surface area contributed by atoms with Crippen molar-refractivity contribution in [3.8, 4) is 0 Å². The van der Waals surface area contributed by atoms with E-state index in [0.29, 0.717) is 11.5 Å². The van der Waals surface area contributed by atoms with Crippen LogP contribution in [0, 0.1) is 29.1 Å². The van der Waals surface area contributed by atoms with Crippen LogP contribution in [-0.2, 0) is 9.53 Å². The van der Waals surface area contributed by atoms with Crippen molar-refractivity contribution in [2.24, 2.45) is 29.1 Å². The highest BCUT2D eigenvalue weighted by atomic mass is 16.5. The zero-order chi connectivity index (χ0) is 15.2. The van der Waals surface area contributed by atoms with Crippen LogP contribution in [0.3, 0.4) is 0 Å². The lowest BCUT2D eigenvalue weighted by atomic mass is 9.48. The molecule has 0 radical (unpaired) electrons. The number of ether oxygens (including phenoxy) is 1. The van der Waals surface area contributed by atoms with Crippen LogP contribution in [0.25, 0.3) is 0 Å². The Kier molecular flexibility index (Phi) is 4.06. The van der Waals surface area contributed by atoms with E-state index in [1.807, 2.05) is 0 Å². The largest absolute Gasteiger partial charge is 0.468 e. The Hall–Kier alpha value is -0.570. The molecule has 4 aliphatic rings. The summed E-state index contributed by atoms with van der Waals surface area (Å²) in [5, 5.41) is 3.65. The van der Waals surface area contributed by atoms with Gasteiger partial charge in [0.1, 0.15) is 6.04 Å². The van der Waals surface area contributed by atoms with E-state index in [2.05, 4.69) is 26.1 Å². The predicted molar refractivity (Wildman–Crippen MR) is 83.8 cm³/mol. The molecule has 0 saturated heterocycles. The molecule has 4 fully saturated rings. The van der Waals surface area contributed by atoms with Gasteiger partial charge in [0, 0.05) is 6.04 Å². The molecule has 120 valence electrons. The molecule has 2 unspecified atom stereocenters. The van der Waals surface area contributed by atoms with Crippen molar-refractivity contribution in [1.82, 2.24) is 5.32 Å². The van der Waals surface area contributed by atoms with E-state index in [9.17, 15) is 4.79 Å². The van der Waals surface area contributed by atoms with Gasteiger partial charge in [-0.2, -0.15) is 0 Å². The van der Waals surface area contributed by atoms with Crippen LogP contribution in [0.5, 0.6) is 0 Å². The summed E-state index contributed by atoms with van der Waals surface area (Å²) in [6.07, 6.45) is 8.53. The van der Waals surface area contributed by atoms with Crippen molar-refractivity contribution in [1.29, 1.82) is 0 Å². The summed E-state index contributed by atoms with van der Waals surface area (Å²) in [5.41, 5.74) is 0.440. The predicted octanol–water partition coefficient (Wildman–Crippen LogP) is 3.38. The molecule has 3 nitrogen and oxygen atoms in total. The van der Waals surface area contributed by atoms with Gasteiger partial charge in [-0.25, -0.2) is 0 Å². The second-order valence-electron chi connectivity index (χ2n) is 8.41. The highest BCUT2D eigenvalue weighted by Gasteiger charge is 2.53. The molecule has 3 heteroatoms. The number of carbonyl (C=O) groups is 1. The Balaban J connectivity index is 1.72. The summed E-state index contributed by atoms with van der Waals surface area (Å²) in [4.78, 5) is 12.0. The van der Waals surface area contributed by atoms with Crippen LogP contribution < -0.4 is 5.32 Å². The highest BCUT2D eigenvalue weighted by Crippen LogP contribution is 2.61. The summed E-state index contributed by atoms with van der Waals surface area (Å²) in [6.45, 7) is 6.51. The fourth-order valence-electron chi connectivity index (χ4n) is 5.81. The Morgan fingerprint density at radius 3 is 1.90 bits per heavy atom. The number of hydrogen-bond donors (Lipinski definition) is 1. The summed E-state index contributed by atoms with van der Waals surface area (Å²) in [7, 11) is 1.49. The maximum atomic E-state index is 12.0. The highest BCUT2D eigenvalue weighted by molar-refractivity contribution is 5.76. The molecule has 4 rings (SSSR count). The Labute approximate surface area is 129 Å². The molecule has 0 aromatic carbocycles. The SMILES string of the molecule is COC(=O)C(NC(C)C12CC3CC(CC(C3)C1)C2)C(C)C. The molecule has 0 amide bonds. The monoisotopic (exact) mass is 293 g/mol. The molecule has 4 bridgehead atoms. The molecule has 4 saturated carbocycles. The van der Waals surface area contributed by atoms with E-state index in [1.165, 1.54) is 45.6 Å². The standard InChI is InChI=1S/C18H31NO2/c1-11(2)16(17(20)21-4)19-12(3)18-8-13-5-14(9-18)7-15(6-13)10-18/h11-16,19H,5-10H2,1-4H3. The smallest absolute Gasteiger partial charge is 0.323 e. The van der Waals surface area contributed by atoms with Gasteiger partial charge in [0.05, 0.1) is 7.11 Å². The quantitative estimate of drug-likeness (QED) is 0.790. The molecule has 0 aromatic rings. The number of methoxy groups -OCH3 is 1. The third-order valence-corrected chi connectivity index (χ3v) is 6.56. The van der Waals surface area contributed by atoms with Gasteiger partial charge in [-0.1, -0.05) is 13.8 Å². The van der Waals surface area contributed by atoms with E-state index in [4.69, 9.17) is 4.74 Å². The van der Waals surface area contributed by atoms with Crippen molar-refractivity contribution in [2.75, 3.05) is 7.11 Å². The van der Waals surface area contributed by atoms with Crippen molar-refractivity contribution >= 4 is 5.97 Å². The lowest BCUT2D eigenvalue weighted by Gasteiger charge is -2.59. The average Bonchev–Trinajstić information content (AvgIpc) is 2.41. The topological polar surface area (TPSA) is 38.3 Å². The minimum Gasteiger partial charge on any atom is -0.468 e. The molecular formula is C18H31NO2. The van der Waals surface area contributed by atoms with Crippen LogP contribution in [-0.4, -0.2) is 25.2 Å². The van der Waals surface area contributed by atoms with Crippen molar-refractivity contribution < 1.29 is 9.53 Å². The summed E-state index contributed by atoms with van der Waals surface area (Å²) in [6, 6.07) is 0.246. The minimum absolute atomic E-state index is 0.110. The van der Waals surface area contributed by atoms with Gasteiger partial charge >= 0.3 is 5.97 Å². The molecular weight excluding hydrogens is 262 g/mol. The van der Waals surface area contributed by atoms with E-state index in [-0.39, 0.29) is 17.9 Å². The van der Waals surface area contributed by atoms with E-state index in [0.717, 1.165) is 17.8 Å². The van der Waals surface area contributed by atoms with Crippen LogP contribution in [0.15, 0.2) is 0 Å². The lowest BCUT2D eigenvalue weighted by Crippen LogP contribution is -2.58. The molecule has 1 N–H and O–H groups in total. The zero-order valence-electron chi connectivity index (χ0n) is 14.0. The van der Waals surface area contributed by atoms with Gasteiger partial charge < -0.3 is 10.1 Å². The van der Waals surface area contributed by atoms with Crippen LogP contribution in [0.2, 0.25) is 0 Å². The normalized spacial score (nSPS) is 40.3. The fourth-order valence-corrected chi connectivity index (χ4v) is 5.81. The van der Waals surface area contributed by atoms with Gasteiger partial charge in [0.15, 0.2) is 0 Å². The number of hydrogen-bond acceptors (Lipinski definition) is 3. The van der Waals surface area contributed by atoms with Crippen LogP contribution >= 0.6 is 0 Å². The third-order valence-electron chi connectivity index (χ3n) is 6.56. The third kappa shape index (κ3) is 2.74.